The fraction of sp³-hybridized carbons (Fsp3) is 0.560. The second kappa shape index (κ2) is 8.56. The molecule has 1 aliphatic carbocycles. The summed E-state index contributed by atoms with van der Waals surface area (Å²) in [5.41, 5.74) is 0.462. The largest absolute Gasteiger partial charge is 0.468 e. The third-order valence-electron chi connectivity index (χ3n) is 7.02. The lowest BCUT2D eigenvalue weighted by Crippen LogP contribution is -2.38. The Morgan fingerprint density at radius 1 is 1.21 bits per heavy atom. The molecule has 2 heterocycles. The van der Waals surface area contributed by atoms with Crippen molar-refractivity contribution in [1.82, 2.24) is 14.5 Å². The van der Waals surface area contributed by atoms with E-state index in [1.807, 2.05) is 31.1 Å². The molecule has 1 saturated heterocycles. The molecule has 0 unspecified atom stereocenters. The SMILES string of the molecule is CN(C)[C@H](CNC(=O)c1cccc(S(=O)(=O)N2C[C@@]3(C)C[C@@H]2CC(C)(C)C3)c1)c1ccco1. The van der Waals surface area contributed by atoms with E-state index < -0.39 is 10.0 Å². The Balaban J connectivity index is 1.51. The van der Waals surface area contributed by atoms with Gasteiger partial charge in [0.1, 0.15) is 5.76 Å². The molecule has 1 aromatic carbocycles. The van der Waals surface area contributed by atoms with Crippen LogP contribution in [0, 0.1) is 10.8 Å². The van der Waals surface area contributed by atoms with Gasteiger partial charge in [-0.05, 0) is 74.5 Å². The van der Waals surface area contributed by atoms with Crippen molar-refractivity contribution in [2.75, 3.05) is 27.2 Å². The van der Waals surface area contributed by atoms with Gasteiger partial charge in [-0.3, -0.25) is 9.69 Å². The van der Waals surface area contributed by atoms with Gasteiger partial charge in [0, 0.05) is 24.7 Å². The molecule has 0 spiro atoms. The van der Waals surface area contributed by atoms with Gasteiger partial charge in [0.2, 0.25) is 10.0 Å². The number of nitrogens with zero attached hydrogens (tertiary/aromatic N) is 2. The maximum Gasteiger partial charge on any atom is 0.251 e. The standard InChI is InChI=1S/C25H35N3O4S/c1-24(2)13-19-14-25(3,16-24)17-28(19)33(30,31)20-9-6-8-18(12-20)23(29)26-15-21(27(4)5)22-10-7-11-32-22/h6-12,19,21H,13-17H2,1-5H3,(H,26,29)/t19-,21+,25-/m0/s1. The molecule has 180 valence electrons. The van der Waals surface area contributed by atoms with E-state index in [1.54, 1.807) is 28.8 Å². The summed E-state index contributed by atoms with van der Waals surface area (Å²) in [7, 11) is 0.147. The Bertz CT molecular complexity index is 1110. The summed E-state index contributed by atoms with van der Waals surface area (Å²) in [6.07, 6.45) is 4.39. The number of fused-ring (bicyclic) bond motifs is 2. The van der Waals surface area contributed by atoms with Crippen LogP contribution in [0.4, 0.5) is 0 Å². The summed E-state index contributed by atoms with van der Waals surface area (Å²) in [4.78, 5) is 15.0. The molecule has 1 N–H and O–H groups in total. The molecule has 1 aliphatic heterocycles. The first-order valence-corrected chi connectivity index (χ1v) is 12.9. The molecule has 7 nitrogen and oxygen atoms in total. The predicted octanol–water partition coefficient (Wildman–Crippen LogP) is 3.90. The van der Waals surface area contributed by atoms with E-state index in [0.29, 0.717) is 18.7 Å². The highest BCUT2D eigenvalue weighted by atomic mass is 32.2. The van der Waals surface area contributed by atoms with Gasteiger partial charge in [-0.2, -0.15) is 4.31 Å². The number of likely N-dealkylation sites (N-methyl/N-ethyl adjacent to an activating group) is 1. The summed E-state index contributed by atoms with van der Waals surface area (Å²) in [6, 6.07) is 9.96. The molecule has 8 heteroatoms. The first-order valence-electron chi connectivity index (χ1n) is 11.5. The summed E-state index contributed by atoms with van der Waals surface area (Å²) in [5, 5.41) is 2.92. The van der Waals surface area contributed by atoms with Gasteiger partial charge < -0.3 is 9.73 Å². The highest BCUT2D eigenvalue weighted by molar-refractivity contribution is 7.89. The second-order valence-electron chi connectivity index (χ2n) is 11.0. The molecular weight excluding hydrogens is 438 g/mol. The van der Waals surface area contributed by atoms with E-state index in [9.17, 15) is 13.2 Å². The third-order valence-corrected chi connectivity index (χ3v) is 8.91. The minimum Gasteiger partial charge on any atom is -0.468 e. The van der Waals surface area contributed by atoms with E-state index >= 15 is 0 Å². The summed E-state index contributed by atoms with van der Waals surface area (Å²) in [5.74, 6) is 0.451. The van der Waals surface area contributed by atoms with Crippen LogP contribution < -0.4 is 5.32 Å². The van der Waals surface area contributed by atoms with Crippen LogP contribution in [-0.2, 0) is 10.0 Å². The molecule has 4 rings (SSSR count). The van der Waals surface area contributed by atoms with Crippen LogP contribution >= 0.6 is 0 Å². The van der Waals surface area contributed by atoms with Crippen molar-refractivity contribution in [2.24, 2.45) is 10.8 Å². The average Bonchev–Trinajstić information content (AvgIpc) is 3.33. The van der Waals surface area contributed by atoms with Gasteiger partial charge in [-0.1, -0.05) is 26.8 Å². The molecular formula is C25H35N3O4S. The lowest BCUT2D eigenvalue weighted by Gasteiger charge is -2.39. The Morgan fingerprint density at radius 2 is 1.97 bits per heavy atom. The molecule has 1 aromatic heterocycles. The van der Waals surface area contributed by atoms with Crippen molar-refractivity contribution in [3.63, 3.8) is 0 Å². The van der Waals surface area contributed by atoms with Crippen LogP contribution in [0.25, 0.3) is 0 Å². The van der Waals surface area contributed by atoms with Crippen molar-refractivity contribution in [2.45, 2.75) is 57.0 Å². The van der Waals surface area contributed by atoms with Crippen LogP contribution in [0.1, 0.15) is 62.2 Å². The maximum absolute atomic E-state index is 13.6. The number of carbonyl (C=O) groups excluding carboxylic acids is 1. The fourth-order valence-electron chi connectivity index (χ4n) is 5.93. The van der Waals surface area contributed by atoms with Gasteiger partial charge in [0.15, 0.2) is 0 Å². The van der Waals surface area contributed by atoms with Gasteiger partial charge in [0.25, 0.3) is 5.91 Å². The molecule has 33 heavy (non-hydrogen) atoms. The van der Waals surface area contributed by atoms with Gasteiger partial charge in [-0.25, -0.2) is 8.42 Å². The number of sulfonamides is 1. The van der Waals surface area contributed by atoms with Gasteiger partial charge in [-0.15, -0.1) is 0 Å². The van der Waals surface area contributed by atoms with E-state index in [2.05, 4.69) is 26.1 Å². The first-order chi connectivity index (χ1) is 15.4. The topological polar surface area (TPSA) is 82.9 Å². The Labute approximate surface area is 197 Å². The Morgan fingerprint density at radius 3 is 2.64 bits per heavy atom. The zero-order chi connectivity index (χ0) is 24.0. The number of nitrogens with one attached hydrogen (secondary N) is 1. The van der Waals surface area contributed by atoms with Crippen molar-refractivity contribution in [1.29, 1.82) is 0 Å². The molecule has 2 aromatic rings. The number of hydrogen-bond acceptors (Lipinski definition) is 5. The van der Waals surface area contributed by atoms with Gasteiger partial charge in [0.05, 0.1) is 17.2 Å². The van der Waals surface area contributed by atoms with E-state index in [4.69, 9.17) is 4.42 Å². The Kier molecular flexibility index (Phi) is 6.22. The summed E-state index contributed by atoms with van der Waals surface area (Å²) in [6.45, 7) is 7.52. The minimum atomic E-state index is -3.69. The lowest BCUT2D eigenvalue weighted by molar-refractivity contribution is 0.0938. The van der Waals surface area contributed by atoms with Crippen LogP contribution in [0.2, 0.25) is 0 Å². The minimum absolute atomic E-state index is 0.00150. The van der Waals surface area contributed by atoms with Crippen molar-refractivity contribution >= 4 is 15.9 Å². The normalized spacial score (nSPS) is 25.8. The number of hydrogen-bond donors (Lipinski definition) is 1. The van der Waals surface area contributed by atoms with Gasteiger partial charge >= 0.3 is 0 Å². The summed E-state index contributed by atoms with van der Waals surface area (Å²) < 4.78 is 34.4. The fourth-order valence-corrected chi connectivity index (χ4v) is 7.75. The zero-order valence-electron chi connectivity index (χ0n) is 20.2. The van der Waals surface area contributed by atoms with Crippen molar-refractivity contribution < 1.29 is 17.6 Å². The zero-order valence-corrected chi connectivity index (χ0v) is 21.0. The van der Waals surface area contributed by atoms with E-state index in [-0.39, 0.29) is 33.7 Å². The summed E-state index contributed by atoms with van der Waals surface area (Å²) >= 11 is 0. The predicted molar refractivity (Wildman–Crippen MR) is 127 cm³/mol. The highest BCUT2D eigenvalue weighted by Crippen LogP contribution is 2.53. The second-order valence-corrected chi connectivity index (χ2v) is 12.9. The number of rotatable bonds is 7. The highest BCUT2D eigenvalue weighted by Gasteiger charge is 2.53. The lowest BCUT2D eigenvalue weighted by atomic mass is 9.65. The average molecular weight is 474 g/mol. The monoisotopic (exact) mass is 473 g/mol. The van der Waals surface area contributed by atoms with Crippen molar-refractivity contribution in [3.8, 4) is 0 Å². The third kappa shape index (κ3) is 4.88. The van der Waals surface area contributed by atoms with Crippen LogP contribution in [0.5, 0.6) is 0 Å². The number of carbonyl (C=O) groups is 1. The molecule has 2 bridgehead atoms. The molecule has 0 radical (unpaired) electrons. The molecule has 1 saturated carbocycles. The van der Waals surface area contributed by atoms with E-state index in [0.717, 1.165) is 25.0 Å². The van der Waals surface area contributed by atoms with Crippen LogP contribution in [-0.4, -0.2) is 56.8 Å². The van der Waals surface area contributed by atoms with Crippen molar-refractivity contribution in [3.05, 3.63) is 54.0 Å². The molecule has 1 amide bonds. The quantitative estimate of drug-likeness (QED) is 0.659. The smallest absolute Gasteiger partial charge is 0.251 e. The van der Waals surface area contributed by atoms with Crippen LogP contribution in [0.3, 0.4) is 0 Å². The molecule has 2 aliphatic rings. The number of furan rings is 1. The Hall–Kier alpha value is -2.16. The van der Waals surface area contributed by atoms with E-state index in [1.165, 1.54) is 6.07 Å². The number of amides is 1. The first kappa shape index (κ1) is 24.0. The maximum atomic E-state index is 13.6. The molecule has 2 fully saturated rings. The molecule has 3 atom stereocenters. The van der Waals surface area contributed by atoms with Crippen LogP contribution in [0.15, 0.2) is 52.0 Å². The number of benzene rings is 1.